The number of aryl methyl sites for hydroxylation is 3. The molecule has 0 bridgehead atoms. The van der Waals surface area contributed by atoms with Crippen molar-refractivity contribution >= 4 is 11.4 Å². The Bertz CT molecular complexity index is 721. The Morgan fingerprint density at radius 3 is 2.10 bits per heavy atom. The molecular formula is C19H22N2. The van der Waals surface area contributed by atoms with Crippen molar-refractivity contribution in [2.75, 3.05) is 11.5 Å². The Kier molecular flexibility index (Phi) is 4.23. The fraction of sp³-hybridized carbons (Fsp3) is 0.263. The van der Waals surface area contributed by atoms with Crippen LogP contribution < -0.4 is 11.5 Å². The van der Waals surface area contributed by atoms with Crippen LogP contribution in [0.4, 0.5) is 11.4 Å². The van der Waals surface area contributed by atoms with E-state index in [1.54, 1.807) is 0 Å². The molecule has 0 aromatic heterocycles. The lowest BCUT2D eigenvalue weighted by molar-refractivity contribution is 1.10. The summed E-state index contributed by atoms with van der Waals surface area (Å²) in [4.78, 5) is 0. The Labute approximate surface area is 127 Å². The topological polar surface area (TPSA) is 52.0 Å². The molecule has 0 aliphatic rings. The lowest BCUT2D eigenvalue weighted by atomic mass is 9.95. The van der Waals surface area contributed by atoms with Crippen LogP contribution in [0, 0.1) is 26.2 Å². The highest BCUT2D eigenvalue weighted by Gasteiger charge is 2.07. The van der Waals surface area contributed by atoms with Gasteiger partial charge in [-0.05, 0) is 60.6 Å². The van der Waals surface area contributed by atoms with Gasteiger partial charge in [0.2, 0.25) is 0 Å². The van der Waals surface area contributed by atoms with E-state index in [0.29, 0.717) is 5.69 Å². The average Bonchev–Trinajstić information content (AvgIpc) is 2.46. The first-order chi connectivity index (χ1) is 9.96. The molecule has 2 aromatic carbocycles. The van der Waals surface area contributed by atoms with Gasteiger partial charge in [-0.1, -0.05) is 31.0 Å². The zero-order chi connectivity index (χ0) is 15.6. The third-order valence-corrected chi connectivity index (χ3v) is 3.92. The molecule has 108 valence electrons. The average molecular weight is 278 g/mol. The monoisotopic (exact) mass is 278 g/mol. The number of nitrogen functional groups attached to an aromatic ring is 2. The van der Waals surface area contributed by atoms with Crippen molar-refractivity contribution in [3.63, 3.8) is 0 Å². The SMILES string of the molecule is C#Cc1cc(Cc2cc(C)c(N)c(CC)c2)cc(C)c1N. The van der Waals surface area contributed by atoms with Gasteiger partial charge in [0.05, 0.1) is 5.69 Å². The van der Waals surface area contributed by atoms with E-state index in [1.165, 1.54) is 16.7 Å². The quantitative estimate of drug-likeness (QED) is 0.665. The first kappa shape index (κ1) is 15.0. The predicted octanol–water partition coefficient (Wildman–Crippen LogP) is 3.60. The third kappa shape index (κ3) is 3.03. The highest BCUT2D eigenvalue weighted by molar-refractivity contribution is 5.62. The fourth-order valence-corrected chi connectivity index (χ4v) is 2.68. The largest absolute Gasteiger partial charge is 0.398 e. The number of anilines is 2. The van der Waals surface area contributed by atoms with E-state index in [-0.39, 0.29) is 0 Å². The van der Waals surface area contributed by atoms with Gasteiger partial charge in [0.1, 0.15) is 0 Å². The number of benzene rings is 2. The molecule has 0 radical (unpaired) electrons. The van der Waals surface area contributed by atoms with Crippen LogP contribution in [-0.2, 0) is 12.8 Å². The highest BCUT2D eigenvalue weighted by Crippen LogP contribution is 2.24. The molecule has 0 aliphatic carbocycles. The second-order valence-electron chi connectivity index (χ2n) is 5.53. The zero-order valence-corrected chi connectivity index (χ0v) is 13.0. The molecule has 2 nitrogen and oxygen atoms in total. The maximum Gasteiger partial charge on any atom is 0.0502 e. The van der Waals surface area contributed by atoms with Gasteiger partial charge >= 0.3 is 0 Å². The van der Waals surface area contributed by atoms with Crippen molar-refractivity contribution in [1.29, 1.82) is 0 Å². The molecule has 2 rings (SSSR count). The van der Waals surface area contributed by atoms with Crippen molar-refractivity contribution in [1.82, 2.24) is 0 Å². The van der Waals surface area contributed by atoms with Gasteiger partial charge < -0.3 is 11.5 Å². The number of hydrogen-bond donors (Lipinski definition) is 2. The molecule has 0 spiro atoms. The van der Waals surface area contributed by atoms with Gasteiger partial charge in [-0.2, -0.15) is 0 Å². The number of nitrogens with two attached hydrogens (primary N) is 2. The standard InChI is InChI=1S/C19H22N2/c1-5-16-10-14(7-12(3)18(16)20)9-15-8-13(4)19(21)17(6-2)11-15/h1,7-8,10-11H,6,9,20-21H2,2-4H3. The smallest absolute Gasteiger partial charge is 0.0502 e. The minimum Gasteiger partial charge on any atom is -0.398 e. The number of hydrogen-bond acceptors (Lipinski definition) is 2. The summed E-state index contributed by atoms with van der Waals surface area (Å²) in [6.45, 7) is 6.17. The predicted molar refractivity (Wildman–Crippen MR) is 91.3 cm³/mol. The van der Waals surface area contributed by atoms with E-state index < -0.39 is 0 Å². The summed E-state index contributed by atoms with van der Waals surface area (Å²) >= 11 is 0. The maximum atomic E-state index is 6.10. The van der Waals surface area contributed by atoms with Crippen molar-refractivity contribution in [2.24, 2.45) is 0 Å². The van der Waals surface area contributed by atoms with E-state index in [0.717, 1.165) is 35.2 Å². The van der Waals surface area contributed by atoms with Crippen LogP contribution >= 0.6 is 0 Å². The Morgan fingerprint density at radius 1 is 0.952 bits per heavy atom. The summed E-state index contributed by atoms with van der Waals surface area (Å²) in [5.41, 5.74) is 20.3. The second-order valence-corrected chi connectivity index (χ2v) is 5.53. The van der Waals surface area contributed by atoms with Gasteiger partial charge in [0.15, 0.2) is 0 Å². The molecule has 21 heavy (non-hydrogen) atoms. The molecule has 0 atom stereocenters. The fourth-order valence-electron chi connectivity index (χ4n) is 2.68. The molecule has 0 unspecified atom stereocenters. The summed E-state index contributed by atoms with van der Waals surface area (Å²) in [6.07, 6.45) is 7.30. The first-order valence-corrected chi connectivity index (χ1v) is 7.19. The van der Waals surface area contributed by atoms with Crippen LogP contribution in [0.1, 0.15) is 40.3 Å². The number of terminal acetylenes is 1. The van der Waals surface area contributed by atoms with Crippen LogP contribution in [0.25, 0.3) is 0 Å². The molecule has 2 heteroatoms. The summed E-state index contributed by atoms with van der Waals surface area (Å²) in [5.74, 6) is 2.66. The molecule has 0 saturated heterocycles. The van der Waals surface area contributed by atoms with Crippen LogP contribution in [0.15, 0.2) is 24.3 Å². The van der Waals surface area contributed by atoms with Crippen LogP contribution in [0.5, 0.6) is 0 Å². The van der Waals surface area contributed by atoms with Crippen LogP contribution in [-0.4, -0.2) is 0 Å². The van der Waals surface area contributed by atoms with E-state index in [2.05, 4.69) is 38.0 Å². The molecule has 0 saturated carbocycles. The summed E-state index contributed by atoms with van der Waals surface area (Å²) in [7, 11) is 0. The third-order valence-electron chi connectivity index (χ3n) is 3.92. The molecule has 0 fully saturated rings. The summed E-state index contributed by atoms with van der Waals surface area (Å²) < 4.78 is 0. The van der Waals surface area contributed by atoms with Crippen molar-refractivity contribution in [2.45, 2.75) is 33.6 Å². The second kappa shape index (κ2) is 5.93. The molecule has 2 aromatic rings. The Morgan fingerprint density at radius 2 is 1.52 bits per heavy atom. The van der Waals surface area contributed by atoms with Gasteiger partial charge in [-0.25, -0.2) is 0 Å². The van der Waals surface area contributed by atoms with Crippen LogP contribution in [0.3, 0.4) is 0 Å². The Hall–Kier alpha value is -2.40. The summed E-state index contributed by atoms with van der Waals surface area (Å²) in [5, 5.41) is 0. The van der Waals surface area contributed by atoms with Gasteiger partial charge in [0, 0.05) is 11.3 Å². The number of rotatable bonds is 3. The van der Waals surface area contributed by atoms with Gasteiger partial charge in [0.25, 0.3) is 0 Å². The lowest BCUT2D eigenvalue weighted by Gasteiger charge is -2.12. The minimum absolute atomic E-state index is 0.698. The normalized spacial score (nSPS) is 10.4. The van der Waals surface area contributed by atoms with Crippen molar-refractivity contribution in [3.05, 3.63) is 57.6 Å². The van der Waals surface area contributed by atoms with Crippen molar-refractivity contribution in [3.8, 4) is 12.3 Å². The van der Waals surface area contributed by atoms with E-state index in [4.69, 9.17) is 17.9 Å². The molecule has 0 aliphatic heterocycles. The Balaban J connectivity index is 2.41. The van der Waals surface area contributed by atoms with E-state index in [1.807, 2.05) is 13.0 Å². The van der Waals surface area contributed by atoms with Gasteiger partial charge in [-0.3, -0.25) is 0 Å². The molecule has 0 amide bonds. The maximum absolute atomic E-state index is 6.10. The highest BCUT2D eigenvalue weighted by atomic mass is 14.6. The van der Waals surface area contributed by atoms with Gasteiger partial charge in [-0.15, -0.1) is 6.42 Å². The minimum atomic E-state index is 0.698. The summed E-state index contributed by atoms with van der Waals surface area (Å²) in [6, 6.07) is 8.44. The van der Waals surface area contributed by atoms with Crippen LogP contribution in [0.2, 0.25) is 0 Å². The molecule has 4 N–H and O–H groups in total. The zero-order valence-electron chi connectivity index (χ0n) is 13.0. The van der Waals surface area contributed by atoms with E-state index >= 15 is 0 Å². The molecular weight excluding hydrogens is 256 g/mol. The molecule has 0 heterocycles. The van der Waals surface area contributed by atoms with E-state index in [9.17, 15) is 0 Å². The first-order valence-electron chi connectivity index (χ1n) is 7.19. The lowest BCUT2D eigenvalue weighted by Crippen LogP contribution is -2.01. The van der Waals surface area contributed by atoms with Crippen molar-refractivity contribution < 1.29 is 0 Å².